The third kappa shape index (κ3) is 6.73. The molecule has 4 heteroatoms. The van der Waals surface area contributed by atoms with Crippen LogP contribution in [0.2, 0.25) is 0 Å². The van der Waals surface area contributed by atoms with Crippen LogP contribution in [0.3, 0.4) is 0 Å². The van der Waals surface area contributed by atoms with Gasteiger partial charge in [-0.3, -0.25) is 0 Å². The largest absolute Gasteiger partial charge is 0.316 e. The highest BCUT2D eigenvalue weighted by Gasteiger charge is 2.14. The van der Waals surface area contributed by atoms with Gasteiger partial charge in [-0.25, -0.2) is 8.42 Å². The second-order valence-corrected chi connectivity index (χ2v) is 7.49. The van der Waals surface area contributed by atoms with Crippen LogP contribution in [0, 0.1) is 6.92 Å². The van der Waals surface area contributed by atoms with Gasteiger partial charge in [0.2, 0.25) is 0 Å². The molecule has 0 saturated heterocycles. The van der Waals surface area contributed by atoms with Crippen molar-refractivity contribution in [2.75, 3.05) is 25.1 Å². The summed E-state index contributed by atoms with van der Waals surface area (Å²) >= 11 is 0. The van der Waals surface area contributed by atoms with Gasteiger partial charge in [0.25, 0.3) is 0 Å². The molecule has 0 aliphatic rings. The van der Waals surface area contributed by atoms with Gasteiger partial charge in [-0.15, -0.1) is 0 Å². The number of nitrogens with one attached hydrogen (secondary N) is 1. The number of rotatable bonds is 8. The van der Waals surface area contributed by atoms with E-state index in [1.807, 2.05) is 0 Å². The summed E-state index contributed by atoms with van der Waals surface area (Å²) in [7, 11) is -2.89. The second-order valence-electron chi connectivity index (χ2n) is 5.23. The quantitative estimate of drug-likeness (QED) is 0.746. The highest BCUT2D eigenvalue weighted by molar-refractivity contribution is 7.90. The van der Waals surface area contributed by atoms with Gasteiger partial charge in [-0.2, -0.15) is 0 Å². The molecule has 19 heavy (non-hydrogen) atoms. The van der Waals surface area contributed by atoms with Crippen molar-refractivity contribution in [3.05, 3.63) is 35.4 Å². The molecule has 1 unspecified atom stereocenters. The summed E-state index contributed by atoms with van der Waals surface area (Å²) in [6.45, 7) is 6.00. The third-order valence-corrected chi connectivity index (χ3v) is 4.18. The van der Waals surface area contributed by atoms with Crippen LogP contribution in [-0.4, -0.2) is 33.5 Å². The minimum absolute atomic E-state index is 0.249. The highest BCUT2D eigenvalue weighted by atomic mass is 32.2. The molecule has 0 heterocycles. The van der Waals surface area contributed by atoms with E-state index < -0.39 is 9.84 Å². The number of hydrogen-bond donors (Lipinski definition) is 1. The molecule has 108 valence electrons. The van der Waals surface area contributed by atoms with Gasteiger partial charge in [0.15, 0.2) is 0 Å². The average molecular weight is 283 g/mol. The van der Waals surface area contributed by atoms with Crippen LogP contribution in [0.1, 0.15) is 36.8 Å². The summed E-state index contributed by atoms with van der Waals surface area (Å²) in [6.07, 6.45) is 3.07. The van der Waals surface area contributed by atoms with E-state index in [1.54, 1.807) is 0 Å². The number of hydrogen-bond acceptors (Lipinski definition) is 3. The minimum Gasteiger partial charge on any atom is -0.316 e. The van der Waals surface area contributed by atoms with E-state index in [1.165, 1.54) is 17.4 Å². The van der Waals surface area contributed by atoms with Crippen LogP contribution in [0.4, 0.5) is 0 Å². The molecular formula is C15H25NO2S. The summed E-state index contributed by atoms with van der Waals surface area (Å²) in [5, 5.41) is 3.39. The Morgan fingerprint density at radius 2 is 1.84 bits per heavy atom. The Kier molecular flexibility index (Phi) is 6.52. The van der Waals surface area contributed by atoms with E-state index in [2.05, 4.69) is 43.4 Å². The molecule has 0 amide bonds. The summed E-state index contributed by atoms with van der Waals surface area (Å²) in [6, 6.07) is 8.39. The van der Waals surface area contributed by atoms with Gasteiger partial charge in [0, 0.05) is 12.8 Å². The van der Waals surface area contributed by atoms with E-state index in [4.69, 9.17) is 0 Å². The monoisotopic (exact) mass is 283 g/mol. The summed E-state index contributed by atoms with van der Waals surface area (Å²) in [5.41, 5.74) is 2.45. The Morgan fingerprint density at radius 3 is 2.37 bits per heavy atom. The molecule has 0 saturated carbocycles. The molecule has 3 nitrogen and oxygen atoms in total. The lowest BCUT2D eigenvalue weighted by atomic mass is 9.95. The van der Waals surface area contributed by atoms with Crippen LogP contribution in [0.15, 0.2) is 24.3 Å². The number of sulfone groups is 1. The zero-order chi connectivity index (χ0) is 14.3. The molecule has 0 aliphatic heterocycles. The van der Waals surface area contributed by atoms with Crippen molar-refractivity contribution >= 4 is 9.84 Å². The van der Waals surface area contributed by atoms with Gasteiger partial charge in [0.05, 0.1) is 5.75 Å². The van der Waals surface area contributed by atoms with E-state index in [9.17, 15) is 8.42 Å². The normalized spacial score (nSPS) is 13.4. The number of benzene rings is 1. The molecule has 0 bridgehead atoms. The lowest BCUT2D eigenvalue weighted by molar-refractivity contribution is 0.556. The molecular weight excluding hydrogens is 258 g/mol. The van der Waals surface area contributed by atoms with E-state index in [0.717, 1.165) is 19.5 Å². The van der Waals surface area contributed by atoms with E-state index in [-0.39, 0.29) is 11.7 Å². The molecule has 0 aromatic heterocycles. The zero-order valence-electron chi connectivity index (χ0n) is 12.1. The van der Waals surface area contributed by atoms with Crippen LogP contribution >= 0.6 is 0 Å². The van der Waals surface area contributed by atoms with Crippen molar-refractivity contribution in [3.8, 4) is 0 Å². The van der Waals surface area contributed by atoms with Gasteiger partial charge >= 0.3 is 0 Å². The molecule has 1 rings (SSSR count). The van der Waals surface area contributed by atoms with Crippen LogP contribution in [0.25, 0.3) is 0 Å². The number of aryl methyl sites for hydroxylation is 1. The van der Waals surface area contributed by atoms with Gasteiger partial charge < -0.3 is 5.32 Å². The SMILES string of the molecule is CCCNCC(CCS(C)(=O)=O)c1ccc(C)cc1. The lowest BCUT2D eigenvalue weighted by Gasteiger charge is -2.18. The Morgan fingerprint density at radius 1 is 1.21 bits per heavy atom. The van der Waals surface area contributed by atoms with E-state index >= 15 is 0 Å². The first kappa shape index (κ1) is 16.2. The highest BCUT2D eigenvalue weighted by Crippen LogP contribution is 2.20. The third-order valence-electron chi connectivity index (χ3n) is 3.20. The average Bonchev–Trinajstić information content (AvgIpc) is 2.34. The fourth-order valence-electron chi connectivity index (χ4n) is 2.03. The molecule has 0 radical (unpaired) electrons. The van der Waals surface area contributed by atoms with Crippen LogP contribution in [-0.2, 0) is 9.84 Å². The topological polar surface area (TPSA) is 46.2 Å². The standard InChI is InChI=1S/C15H25NO2S/c1-4-10-16-12-15(9-11-19(3,17)18)14-7-5-13(2)6-8-14/h5-8,15-16H,4,9-12H2,1-3H3. The Labute approximate surface area is 117 Å². The molecule has 1 aromatic rings. The van der Waals surface area contributed by atoms with Crippen molar-refractivity contribution in [1.82, 2.24) is 5.32 Å². The lowest BCUT2D eigenvalue weighted by Crippen LogP contribution is -2.24. The molecule has 0 spiro atoms. The Bertz CT molecular complexity index is 465. The van der Waals surface area contributed by atoms with Crippen LogP contribution in [0.5, 0.6) is 0 Å². The summed E-state index contributed by atoms with van der Waals surface area (Å²) in [4.78, 5) is 0. The van der Waals surface area contributed by atoms with Crippen molar-refractivity contribution < 1.29 is 8.42 Å². The van der Waals surface area contributed by atoms with E-state index in [0.29, 0.717) is 6.42 Å². The predicted octanol–water partition coefficient (Wildman–Crippen LogP) is 2.51. The first-order chi connectivity index (χ1) is 8.92. The summed E-state index contributed by atoms with van der Waals surface area (Å²) < 4.78 is 22.7. The maximum atomic E-state index is 11.3. The van der Waals surface area contributed by atoms with Crippen molar-refractivity contribution in [3.63, 3.8) is 0 Å². The Hall–Kier alpha value is -0.870. The molecule has 0 fully saturated rings. The molecule has 0 aliphatic carbocycles. The molecule has 1 atom stereocenters. The van der Waals surface area contributed by atoms with Crippen molar-refractivity contribution in [1.29, 1.82) is 0 Å². The van der Waals surface area contributed by atoms with Crippen molar-refractivity contribution in [2.45, 2.75) is 32.6 Å². The maximum Gasteiger partial charge on any atom is 0.147 e. The fraction of sp³-hybridized carbons (Fsp3) is 0.600. The zero-order valence-corrected chi connectivity index (χ0v) is 13.0. The summed E-state index contributed by atoms with van der Waals surface area (Å²) in [5.74, 6) is 0.515. The van der Waals surface area contributed by atoms with Crippen LogP contribution < -0.4 is 5.32 Å². The Balaban J connectivity index is 2.70. The minimum atomic E-state index is -2.89. The fourth-order valence-corrected chi connectivity index (χ4v) is 2.75. The maximum absolute atomic E-state index is 11.3. The first-order valence-corrected chi connectivity index (χ1v) is 8.93. The van der Waals surface area contributed by atoms with Gasteiger partial charge in [-0.1, -0.05) is 36.8 Å². The van der Waals surface area contributed by atoms with Gasteiger partial charge in [-0.05, 0) is 37.8 Å². The smallest absolute Gasteiger partial charge is 0.147 e. The molecule has 1 aromatic carbocycles. The predicted molar refractivity (Wildman–Crippen MR) is 81.4 cm³/mol. The van der Waals surface area contributed by atoms with Gasteiger partial charge in [0.1, 0.15) is 9.84 Å². The molecule has 1 N–H and O–H groups in total. The van der Waals surface area contributed by atoms with Crippen molar-refractivity contribution in [2.24, 2.45) is 0 Å². The second kappa shape index (κ2) is 7.65. The first-order valence-electron chi connectivity index (χ1n) is 6.87.